The summed E-state index contributed by atoms with van der Waals surface area (Å²) in [7, 11) is 0. The smallest absolute Gasteiger partial charge is 0.377 e. The van der Waals surface area contributed by atoms with Gasteiger partial charge < -0.3 is 4.74 Å². The topological polar surface area (TPSA) is 43.4 Å². The van der Waals surface area contributed by atoms with Crippen molar-refractivity contribution in [2.75, 3.05) is 6.61 Å². The van der Waals surface area contributed by atoms with Crippen LogP contribution in [0.1, 0.15) is 350 Å². The standard InChI is InChI=1S/C17H28.C16H26.C15H24.C11H15Cl.C11H13F3.C11H16O.C11H16.C10H12F2.C8H14O.C7H14O/c1-13(2)11-14(3)12-15-7-9-16(10-8-15)17(4,5)6;1-13(2)7-6-8-14-9-11-15(12-10-14)16(3,4)5;1-12(2)6-7-13-8-10-14(11-9-13)15(3,4)5;1-8(2)6-10-4-5-11(12)7-9(10)3;1-8(2)7-9-3-5-10(6-4-9)11(12,13)14;1-10(2)8-12-9-11-6-4-3-5-7-11;1-9(2)8-11-6-4-10(3)5-7-11;1-7(2)5-8-3-4-9(11)6-10(8)12;1-6(2)8(9)7-4-3-5-7;1-4-5-7(8)6(2)3/h7-10,13-14H,11-12H2,1-6H3;9-13H,6-8H2,1-5H3;8-12H,6-7H2,1-5H3;4-5,7-8H,6H2,1-3H3;3-6,8H,7H2,1-2H3;3-7,10H,8-9H2,1-2H3;4-7,9H,8H2,1-3H3;3-4,6-7H,5H2,1-2H3;6-7H,3-5H2,1-2H3;6H,4-5H2,1-3H3. The Labute approximate surface area is 775 Å². The summed E-state index contributed by atoms with van der Waals surface area (Å²) in [6.45, 7) is 73.6. The van der Waals surface area contributed by atoms with E-state index < -0.39 is 23.4 Å². The number of rotatable bonds is 28. The van der Waals surface area contributed by atoms with E-state index in [4.69, 9.17) is 16.3 Å². The summed E-state index contributed by atoms with van der Waals surface area (Å²) in [6, 6.07) is 61.7. The first-order chi connectivity index (χ1) is 58.5. The minimum atomic E-state index is -4.23. The van der Waals surface area contributed by atoms with Crippen LogP contribution in [0, 0.1) is 96.5 Å². The van der Waals surface area contributed by atoms with Crippen molar-refractivity contribution in [2.24, 2.45) is 71.0 Å². The van der Waals surface area contributed by atoms with Gasteiger partial charge in [0.05, 0.1) is 12.2 Å². The molecule has 0 radical (unpaired) electrons. The van der Waals surface area contributed by atoms with Gasteiger partial charge >= 0.3 is 6.18 Å². The number of ether oxygens (including phenoxy) is 1. The molecule has 0 bridgehead atoms. The Bertz CT molecular complexity index is 4020. The van der Waals surface area contributed by atoms with Gasteiger partial charge in [0.15, 0.2) is 0 Å². The number of hydrogen-bond acceptors (Lipinski definition) is 3. The first-order valence-corrected chi connectivity index (χ1v) is 48.3. The zero-order valence-electron chi connectivity index (χ0n) is 85.5. The Balaban J connectivity index is 0.00000139. The van der Waals surface area contributed by atoms with E-state index in [1.807, 2.05) is 92.6 Å². The minimum Gasteiger partial charge on any atom is -0.377 e. The van der Waals surface area contributed by atoms with Crippen molar-refractivity contribution in [1.82, 2.24) is 0 Å². The van der Waals surface area contributed by atoms with Crippen LogP contribution in [-0.4, -0.2) is 18.2 Å². The second-order valence-corrected chi connectivity index (χ2v) is 42.8. The molecule has 1 atom stereocenters. The van der Waals surface area contributed by atoms with Gasteiger partial charge in [0.2, 0.25) is 0 Å². The highest BCUT2D eigenvalue weighted by molar-refractivity contribution is 6.30. The van der Waals surface area contributed by atoms with Gasteiger partial charge in [0.1, 0.15) is 23.2 Å². The molecule has 1 fully saturated rings. The Hall–Kier alpha value is -7.00. The molecular weight excluding hydrogens is 1580 g/mol. The molecule has 3 nitrogen and oxygen atoms in total. The molecule has 0 spiro atoms. The van der Waals surface area contributed by atoms with E-state index in [-0.39, 0.29) is 28.1 Å². The summed E-state index contributed by atoms with van der Waals surface area (Å²) < 4.78 is 67.4. The molecule has 126 heavy (non-hydrogen) atoms. The zero-order chi connectivity index (χ0) is 96.3. The third kappa shape index (κ3) is 59.3. The lowest BCUT2D eigenvalue weighted by atomic mass is 9.79. The van der Waals surface area contributed by atoms with E-state index in [0.717, 1.165) is 110 Å². The monoisotopic (exact) mass is 1760 g/mol. The van der Waals surface area contributed by atoms with Crippen molar-refractivity contribution in [2.45, 2.75) is 360 Å². The van der Waals surface area contributed by atoms with Gasteiger partial charge in [-0.2, -0.15) is 13.2 Å². The molecule has 706 valence electrons. The highest BCUT2D eigenvalue weighted by Crippen LogP contribution is 2.32. The molecular formula is C117H178ClF5O3. The first kappa shape index (κ1) is 119. The summed E-state index contributed by atoms with van der Waals surface area (Å²) in [5.41, 5.74) is 17.2. The fourth-order valence-corrected chi connectivity index (χ4v) is 13.8. The van der Waals surface area contributed by atoms with Crippen molar-refractivity contribution in [1.29, 1.82) is 0 Å². The SMILES string of the molecule is CC(C)C(=O)C1CCC1.CC(C)CC(C)Cc1ccc(C(C)(C)C)cc1.CC(C)CCCc1ccc(C(C)(C)C)cc1.CC(C)CCc1ccc(C(C)(C)C)cc1.CC(C)COCc1ccccc1.CC(C)Cc1ccc(C(F)(F)F)cc1.CC(C)Cc1ccc(F)cc1F.CCCC(=O)C(C)C.Cc1cc(Cl)ccc1CC(C)C.Cc1ccc(CC(C)C)cc1. The maximum atomic E-state index is 13.0. The molecule has 0 N–H and O–H groups in total. The van der Waals surface area contributed by atoms with Crippen LogP contribution >= 0.6 is 11.6 Å². The third-order valence-electron chi connectivity index (χ3n) is 21.2. The average molecular weight is 1760 g/mol. The molecule has 0 saturated heterocycles. The van der Waals surface area contributed by atoms with E-state index in [2.05, 4.69) is 281 Å². The van der Waals surface area contributed by atoms with Gasteiger partial charge in [-0.1, -0.05) is 396 Å². The van der Waals surface area contributed by atoms with E-state index in [9.17, 15) is 31.5 Å². The Morgan fingerprint density at radius 2 is 0.817 bits per heavy atom. The molecule has 1 unspecified atom stereocenters. The minimum absolute atomic E-state index is 0.231. The molecule has 0 aliphatic heterocycles. The van der Waals surface area contributed by atoms with E-state index >= 15 is 0 Å². The van der Waals surface area contributed by atoms with Crippen LogP contribution in [0.25, 0.3) is 0 Å². The van der Waals surface area contributed by atoms with Gasteiger partial charge in [0, 0.05) is 41.9 Å². The van der Waals surface area contributed by atoms with Crippen LogP contribution < -0.4 is 0 Å². The highest BCUT2D eigenvalue weighted by atomic mass is 35.5. The number of benzene rings is 8. The number of carbonyl (C=O) groups excluding carboxylic acids is 2. The first-order valence-electron chi connectivity index (χ1n) is 47.9. The Morgan fingerprint density at radius 3 is 1.16 bits per heavy atom. The van der Waals surface area contributed by atoms with Crippen molar-refractivity contribution < 1.29 is 36.3 Å². The lowest BCUT2D eigenvalue weighted by Crippen LogP contribution is -2.25. The number of alkyl halides is 3. The number of Topliss-reactive ketones (excluding diaryl/α,β-unsaturated/α-hetero) is 2. The molecule has 9 heteroatoms. The number of carbonyl (C=O) groups is 2. The van der Waals surface area contributed by atoms with Gasteiger partial charge in [-0.15, -0.1) is 0 Å². The number of ketones is 2. The van der Waals surface area contributed by atoms with E-state index in [0.29, 0.717) is 53.1 Å². The predicted octanol–water partition coefficient (Wildman–Crippen LogP) is 35.7. The van der Waals surface area contributed by atoms with Crippen molar-refractivity contribution in [3.63, 3.8) is 0 Å². The molecule has 9 rings (SSSR count). The number of aryl methyl sites for hydroxylation is 4. The predicted molar refractivity (Wildman–Crippen MR) is 541 cm³/mol. The fraction of sp³-hybridized carbons (Fsp3) is 0.573. The van der Waals surface area contributed by atoms with Crippen LogP contribution in [0.2, 0.25) is 5.02 Å². The van der Waals surface area contributed by atoms with Crippen LogP contribution in [0.15, 0.2) is 188 Å². The van der Waals surface area contributed by atoms with Gasteiger partial charge in [-0.3, -0.25) is 9.59 Å². The van der Waals surface area contributed by atoms with Crippen molar-refractivity contribution in [3.8, 4) is 0 Å². The molecule has 0 heterocycles. The highest BCUT2D eigenvalue weighted by Gasteiger charge is 2.30. The van der Waals surface area contributed by atoms with Crippen molar-refractivity contribution in [3.05, 3.63) is 283 Å². The normalized spacial score (nSPS) is 12.3. The van der Waals surface area contributed by atoms with Crippen LogP contribution in [-0.2, 0) is 88.3 Å². The van der Waals surface area contributed by atoms with Crippen molar-refractivity contribution >= 4 is 23.2 Å². The summed E-state index contributed by atoms with van der Waals surface area (Å²) in [5.74, 6) is 7.00. The summed E-state index contributed by atoms with van der Waals surface area (Å²) in [4.78, 5) is 21.9. The maximum Gasteiger partial charge on any atom is 0.416 e. The second-order valence-electron chi connectivity index (χ2n) is 42.3. The van der Waals surface area contributed by atoms with E-state index in [1.165, 1.54) is 131 Å². The maximum absolute atomic E-state index is 13.0. The van der Waals surface area contributed by atoms with Gasteiger partial charge in [0.25, 0.3) is 0 Å². The largest absolute Gasteiger partial charge is 0.416 e. The van der Waals surface area contributed by atoms with Crippen LogP contribution in [0.5, 0.6) is 0 Å². The molecule has 1 saturated carbocycles. The third-order valence-corrected chi connectivity index (χ3v) is 21.5. The Kier molecular flexibility index (Phi) is 59.6. The molecule has 0 aromatic heterocycles. The number of hydrogen-bond donors (Lipinski definition) is 0. The second kappa shape index (κ2) is 63.1. The van der Waals surface area contributed by atoms with Crippen LogP contribution in [0.4, 0.5) is 22.0 Å². The molecule has 1 aliphatic rings. The summed E-state index contributed by atoms with van der Waals surface area (Å²) in [5, 5.41) is 0.833. The molecule has 8 aromatic rings. The average Bonchev–Trinajstić information content (AvgIpc) is 0.846. The molecule has 0 amide bonds. The number of halogens is 6. The van der Waals surface area contributed by atoms with Gasteiger partial charge in [-0.05, 0) is 264 Å². The quantitative estimate of drug-likeness (QED) is 0.0459. The van der Waals surface area contributed by atoms with Crippen LogP contribution in [0.3, 0.4) is 0 Å². The molecule has 1 aliphatic carbocycles. The molecule has 8 aromatic carbocycles. The zero-order valence-corrected chi connectivity index (χ0v) is 86.3. The fourth-order valence-electron chi connectivity index (χ4n) is 13.6. The summed E-state index contributed by atoms with van der Waals surface area (Å²) >= 11 is 5.85. The lowest BCUT2D eigenvalue weighted by molar-refractivity contribution is -0.137. The summed E-state index contributed by atoms with van der Waals surface area (Å²) in [6.07, 6.45) is 13.8. The Morgan fingerprint density at radius 1 is 0.413 bits per heavy atom. The van der Waals surface area contributed by atoms with E-state index in [1.54, 1.807) is 12.1 Å². The lowest BCUT2D eigenvalue weighted by Gasteiger charge is -2.25. The van der Waals surface area contributed by atoms with Gasteiger partial charge in [-0.25, -0.2) is 8.78 Å².